The number of rotatable bonds is 4. The second-order valence-corrected chi connectivity index (χ2v) is 7.30. The number of nitrogens with one attached hydrogen (secondary N) is 1. The third-order valence-corrected chi connectivity index (χ3v) is 5.33. The number of nitrogens with zero attached hydrogens (tertiary/aromatic N) is 2. The van der Waals surface area contributed by atoms with Crippen LogP contribution in [0.5, 0.6) is 0 Å². The fourth-order valence-electron chi connectivity index (χ4n) is 4.08. The first-order valence-electron chi connectivity index (χ1n) is 8.76. The number of piperidine rings is 2. The third kappa shape index (κ3) is 3.48. The summed E-state index contributed by atoms with van der Waals surface area (Å²) in [6.45, 7) is 3.79. The molecule has 2 bridgehead atoms. The van der Waals surface area contributed by atoms with Gasteiger partial charge in [-0.2, -0.15) is 0 Å². The summed E-state index contributed by atoms with van der Waals surface area (Å²) >= 11 is 0. The van der Waals surface area contributed by atoms with E-state index in [2.05, 4.69) is 10.2 Å². The minimum absolute atomic E-state index is 0. The number of halogens is 1. The molecule has 26 heavy (non-hydrogen) atoms. The summed E-state index contributed by atoms with van der Waals surface area (Å²) in [7, 11) is 0. The van der Waals surface area contributed by atoms with Crippen LogP contribution >= 0.6 is 0 Å². The maximum absolute atomic E-state index is 14.6. The molecule has 1 N–H and O–H groups in total. The molecular formula is C19H26FN3O3. The summed E-state index contributed by atoms with van der Waals surface area (Å²) in [5.74, 6) is 0.906. The predicted molar refractivity (Wildman–Crippen MR) is 97.9 cm³/mol. The molecule has 4 fully saturated rings. The van der Waals surface area contributed by atoms with Gasteiger partial charge < -0.3 is 15.0 Å². The van der Waals surface area contributed by atoms with Gasteiger partial charge in [0.15, 0.2) is 0 Å². The molecule has 0 radical (unpaired) electrons. The van der Waals surface area contributed by atoms with Crippen molar-refractivity contribution in [2.75, 3.05) is 36.0 Å². The molecule has 6 nitrogen and oxygen atoms in total. The SMILES string of the molecule is C.CC(=O)NCC1CN(c2ccc(N3CC4CC(C4)C3)c(F)c2)C(=O)O1. The smallest absolute Gasteiger partial charge is 0.414 e. The molecule has 5 rings (SSSR count). The van der Waals surface area contributed by atoms with Crippen molar-refractivity contribution in [2.24, 2.45) is 11.8 Å². The fraction of sp³-hybridized carbons (Fsp3) is 0.579. The molecule has 7 heteroatoms. The minimum atomic E-state index is -0.512. The maximum Gasteiger partial charge on any atom is 0.414 e. The molecule has 1 atom stereocenters. The van der Waals surface area contributed by atoms with Crippen molar-refractivity contribution in [1.82, 2.24) is 5.32 Å². The van der Waals surface area contributed by atoms with Gasteiger partial charge in [-0.25, -0.2) is 9.18 Å². The van der Waals surface area contributed by atoms with Gasteiger partial charge >= 0.3 is 6.09 Å². The summed E-state index contributed by atoms with van der Waals surface area (Å²) in [6, 6.07) is 4.92. The van der Waals surface area contributed by atoms with E-state index in [1.807, 2.05) is 0 Å². The first-order chi connectivity index (χ1) is 12.0. The van der Waals surface area contributed by atoms with E-state index in [0.29, 0.717) is 29.8 Å². The van der Waals surface area contributed by atoms with Gasteiger partial charge in [-0.15, -0.1) is 0 Å². The number of benzene rings is 1. The fourth-order valence-corrected chi connectivity index (χ4v) is 4.08. The zero-order chi connectivity index (χ0) is 17.6. The van der Waals surface area contributed by atoms with E-state index in [4.69, 9.17) is 4.74 Å². The number of cyclic esters (lactones) is 1. The highest BCUT2D eigenvalue weighted by Gasteiger charge is 2.38. The predicted octanol–water partition coefficient (Wildman–Crippen LogP) is 2.77. The number of anilines is 2. The van der Waals surface area contributed by atoms with Crippen LogP contribution in [0.3, 0.4) is 0 Å². The van der Waals surface area contributed by atoms with Gasteiger partial charge in [0, 0.05) is 20.0 Å². The number of carbonyl (C=O) groups excluding carboxylic acids is 2. The van der Waals surface area contributed by atoms with Crippen LogP contribution in [0, 0.1) is 17.7 Å². The largest absolute Gasteiger partial charge is 0.442 e. The van der Waals surface area contributed by atoms with Gasteiger partial charge in [0.05, 0.1) is 24.5 Å². The average molecular weight is 363 g/mol. The zero-order valence-electron chi connectivity index (χ0n) is 14.2. The lowest BCUT2D eigenvalue weighted by Gasteiger charge is -2.48. The van der Waals surface area contributed by atoms with E-state index < -0.39 is 12.2 Å². The Bertz CT molecular complexity index is 695. The van der Waals surface area contributed by atoms with Gasteiger partial charge in [-0.1, -0.05) is 7.43 Å². The summed E-state index contributed by atoms with van der Waals surface area (Å²) in [6.07, 6.45) is 1.60. The highest BCUT2D eigenvalue weighted by molar-refractivity contribution is 5.90. The Labute approximate surface area is 153 Å². The first-order valence-corrected chi connectivity index (χ1v) is 8.76. The van der Waals surface area contributed by atoms with Crippen LogP contribution in [0.1, 0.15) is 27.2 Å². The van der Waals surface area contributed by atoms with E-state index in [1.165, 1.54) is 30.7 Å². The molecule has 4 aliphatic rings. The quantitative estimate of drug-likeness (QED) is 0.894. The van der Waals surface area contributed by atoms with Gasteiger partial charge in [0.25, 0.3) is 0 Å². The Balaban J connectivity index is 0.00000196. The number of carbonyl (C=O) groups is 2. The maximum atomic E-state index is 14.6. The number of amides is 2. The topological polar surface area (TPSA) is 61.9 Å². The van der Waals surface area contributed by atoms with Crippen molar-refractivity contribution < 1.29 is 18.7 Å². The normalized spacial score (nSPS) is 26.7. The highest BCUT2D eigenvalue weighted by atomic mass is 19.1. The van der Waals surface area contributed by atoms with Crippen LogP contribution in [0.25, 0.3) is 0 Å². The lowest BCUT2D eigenvalue weighted by molar-refractivity contribution is -0.119. The zero-order valence-corrected chi connectivity index (χ0v) is 14.2. The molecule has 0 spiro atoms. The van der Waals surface area contributed by atoms with Gasteiger partial charge in [-0.3, -0.25) is 9.69 Å². The molecule has 1 unspecified atom stereocenters. The molecule has 1 saturated carbocycles. The van der Waals surface area contributed by atoms with Crippen LogP contribution in [0.15, 0.2) is 18.2 Å². The van der Waals surface area contributed by atoms with Crippen molar-refractivity contribution in [1.29, 1.82) is 0 Å². The first kappa shape index (κ1) is 18.5. The van der Waals surface area contributed by atoms with E-state index in [1.54, 1.807) is 12.1 Å². The van der Waals surface area contributed by atoms with Crippen LogP contribution in [0.4, 0.5) is 20.6 Å². The molecule has 3 heterocycles. The van der Waals surface area contributed by atoms with Crippen molar-refractivity contribution in [3.05, 3.63) is 24.0 Å². The van der Waals surface area contributed by atoms with Gasteiger partial charge in [0.2, 0.25) is 5.91 Å². The summed E-state index contributed by atoms with van der Waals surface area (Å²) in [4.78, 5) is 26.5. The molecule has 142 valence electrons. The molecule has 1 aromatic rings. The van der Waals surface area contributed by atoms with Crippen molar-refractivity contribution in [3.8, 4) is 0 Å². The summed E-state index contributed by atoms with van der Waals surface area (Å²) < 4.78 is 19.9. The number of hydrogen-bond donors (Lipinski definition) is 1. The van der Waals surface area contributed by atoms with Crippen LogP contribution in [-0.4, -0.2) is 44.3 Å². The standard InChI is InChI=1S/C18H22FN3O3.CH4/c1-11(23)20-7-15-10-22(18(24)25-15)14-2-3-17(16(19)6-14)21-8-12-4-13(5-12)9-21;/h2-3,6,12-13,15H,4-5,7-10H2,1H3,(H,20,23);1H4. The Morgan fingerprint density at radius 3 is 2.58 bits per heavy atom. The minimum Gasteiger partial charge on any atom is -0.442 e. The monoisotopic (exact) mass is 363 g/mol. The van der Waals surface area contributed by atoms with E-state index in [0.717, 1.165) is 13.1 Å². The molecule has 0 aromatic heterocycles. The van der Waals surface area contributed by atoms with Gasteiger partial charge in [-0.05, 0) is 42.9 Å². The van der Waals surface area contributed by atoms with E-state index >= 15 is 0 Å². The summed E-state index contributed by atoms with van der Waals surface area (Å²) in [5, 5.41) is 2.63. The molecule has 3 saturated heterocycles. The Hall–Kier alpha value is -2.31. The van der Waals surface area contributed by atoms with Crippen molar-refractivity contribution >= 4 is 23.4 Å². The molecule has 2 amide bonds. The summed E-state index contributed by atoms with van der Waals surface area (Å²) in [5.41, 5.74) is 1.10. The van der Waals surface area contributed by atoms with Gasteiger partial charge in [0.1, 0.15) is 11.9 Å². The Morgan fingerprint density at radius 2 is 1.96 bits per heavy atom. The molecular weight excluding hydrogens is 337 g/mol. The number of ether oxygens (including phenoxy) is 1. The number of hydrogen-bond acceptors (Lipinski definition) is 4. The molecule has 3 aliphatic heterocycles. The van der Waals surface area contributed by atoms with Crippen LogP contribution < -0.4 is 15.1 Å². The van der Waals surface area contributed by atoms with Crippen molar-refractivity contribution in [2.45, 2.75) is 33.3 Å². The second-order valence-electron chi connectivity index (χ2n) is 7.30. The lowest BCUT2D eigenvalue weighted by atomic mass is 9.71. The van der Waals surface area contributed by atoms with Crippen LogP contribution in [0.2, 0.25) is 0 Å². The Morgan fingerprint density at radius 1 is 1.27 bits per heavy atom. The molecule has 1 aliphatic carbocycles. The Kier molecular flexibility index (Phi) is 5.07. The van der Waals surface area contributed by atoms with Crippen molar-refractivity contribution in [3.63, 3.8) is 0 Å². The van der Waals surface area contributed by atoms with E-state index in [-0.39, 0.29) is 25.7 Å². The molecule has 1 aromatic carbocycles. The second kappa shape index (κ2) is 7.13. The average Bonchev–Trinajstić information content (AvgIpc) is 2.93. The van der Waals surface area contributed by atoms with Crippen LogP contribution in [-0.2, 0) is 9.53 Å². The number of fused-ring (bicyclic) bond motifs is 2. The lowest BCUT2D eigenvalue weighted by Crippen LogP contribution is -2.48. The third-order valence-electron chi connectivity index (χ3n) is 5.33. The van der Waals surface area contributed by atoms with E-state index in [9.17, 15) is 14.0 Å². The highest BCUT2D eigenvalue weighted by Crippen LogP contribution is 2.42.